The third kappa shape index (κ3) is 3.88. The maximum Gasteiger partial charge on any atom is 0.341 e. The van der Waals surface area contributed by atoms with Crippen LogP contribution in [0.1, 0.15) is 17.3 Å². The van der Waals surface area contributed by atoms with E-state index in [1.165, 1.54) is 19.1 Å². The number of fused-ring (bicyclic) bond motifs is 1. The Hall–Kier alpha value is -4.01. The van der Waals surface area contributed by atoms with E-state index in [1.54, 1.807) is 36.5 Å². The monoisotopic (exact) mass is 380 g/mol. The van der Waals surface area contributed by atoms with E-state index in [9.17, 15) is 19.7 Å². The van der Waals surface area contributed by atoms with Crippen molar-refractivity contribution >= 4 is 39.8 Å². The molecule has 28 heavy (non-hydrogen) atoms. The number of hydrogen-bond donors (Lipinski definition) is 2. The lowest BCUT2D eigenvalue weighted by atomic mass is 10.1. The van der Waals surface area contributed by atoms with Crippen LogP contribution in [-0.4, -0.2) is 27.9 Å². The van der Waals surface area contributed by atoms with E-state index in [4.69, 9.17) is 10.5 Å². The van der Waals surface area contributed by atoms with Gasteiger partial charge in [0.2, 0.25) is 0 Å². The summed E-state index contributed by atoms with van der Waals surface area (Å²) in [7, 11) is 0. The van der Waals surface area contributed by atoms with Crippen LogP contribution < -0.4 is 11.1 Å². The number of aromatic nitrogens is 1. The topological polar surface area (TPSA) is 137 Å². The summed E-state index contributed by atoms with van der Waals surface area (Å²) in [6.07, 6.45) is 0.486. The van der Waals surface area contributed by atoms with Crippen LogP contribution in [0, 0.1) is 10.1 Å². The molecule has 0 fully saturated rings. The molecule has 0 radical (unpaired) electrons. The summed E-state index contributed by atoms with van der Waals surface area (Å²) in [5.41, 5.74) is 6.46. The van der Waals surface area contributed by atoms with Crippen LogP contribution in [0.2, 0.25) is 0 Å². The first-order chi connectivity index (χ1) is 13.4. The van der Waals surface area contributed by atoms with Crippen molar-refractivity contribution < 1.29 is 19.2 Å². The van der Waals surface area contributed by atoms with Crippen molar-refractivity contribution in [1.82, 2.24) is 4.98 Å². The Morgan fingerprint density at radius 2 is 2.00 bits per heavy atom. The van der Waals surface area contributed by atoms with Crippen molar-refractivity contribution in [2.75, 3.05) is 11.1 Å². The van der Waals surface area contributed by atoms with Crippen molar-refractivity contribution in [3.63, 3.8) is 0 Å². The van der Waals surface area contributed by atoms with Crippen LogP contribution in [0.25, 0.3) is 10.9 Å². The molecule has 0 aliphatic carbocycles. The SMILES string of the molecule is C[C@@H](OC(=O)c1cc([N+](=O)[O-])ccc1N)C(=O)Nc1cccc2ncccc12. The molecule has 3 rings (SSSR count). The molecule has 142 valence electrons. The maximum absolute atomic E-state index is 12.4. The number of nitro benzene ring substituents is 1. The minimum absolute atomic E-state index is 0.0170. The molecule has 0 saturated carbocycles. The Labute approximate surface area is 159 Å². The van der Waals surface area contributed by atoms with Gasteiger partial charge in [0.1, 0.15) is 0 Å². The van der Waals surface area contributed by atoms with Crippen LogP contribution in [0.5, 0.6) is 0 Å². The van der Waals surface area contributed by atoms with Gasteiger partial charge in [-0.1, -0.05) is 6.07 Å². The predicted molar refractivity (Wildman–Crippen MR) is 103 cm³/mol. The van der Waals surface area contributed by atoms with Gasteiger partial charge in [-0.05, 0) is 37.3 Å². The molecule has 0 unspecified atom stereocenters. The van der Waals surface area contributed by atoms with E-state index in [0.29, 0.717) is 11.2 Å². The Balaban J connectivity index is 1.75. The first-order valence-corrected chi connectivity index (χ1v) is 8.26. The van der Waals surface area contributed by atoms with Gasteiger partial charge in [0.25, 0.3) is 11.6 Å². The van der Waals surface area contributed by atoms with E-state index in [-0.39, 0.29) is 16.9 Å². The average Bonchev–Trinajstić information content (AvgIpc) is 2.68. The lowest BCUT2D eigenvalue weighted by Gasteiger charge is -2.15. The Bertz CT molecular complexity index is 1080. The van der Waals surface area contributed by atoms with Crippen LogP contribution in [0.4, 0.5) is 17.1 Å². The second-order valence-corrected chi connectivity index (χ2v) is 5.94. The fraction of sp³-hybridized carbons (Fsp3) is 0.105. The Kier molecular flexibility index (Phi) is 5.16. The summed E-state index contributed by atoms with van der Waals surface area (Å²) in [6.45, 7) is 1.39. The number of nitrogen functional groups attached to an aromatic ring is 1. The van der Waals surface area contributed by atoms with Crippen LogP contribution >= 0.6 is 0 Å². The maximum atomic E-state index is 12.4. The highest BCUT2D eigenvalue weighted by molar-refractivity contribution is 6.04. The molecule has 1 aromatic heterocycles. The number of benzene rings is 2. The Morgan fingerprint density at radius 3 is 2.75 bits per heavy atom. The fourth-order valence-corrected chi connectivity index (χ4v) is 2.56. The van der Waals surface area contributed by atoms with Gasteiger partial charge in [0.05, 0.1) is 21.7 Å². The number of esters is 1. The van der Waals surface area contributed by atoms with Gasteiger partial charge < -0.3 is 15.8 Å². The van der Waals surface area contributed by atoms with Gasteiger partial charge in [-0.25, -0.2) is 4.79 Å². The van der Waals surface area contributed by atoms with Gasteiger partial charge in [-0.3, -0.25) is 19.9 Å². The summed E-state index contributed by atoms with van der Waals surface area (Å²) in [5, 5.41) is 14.3. The number of amides is 1. The molecule has 1 amide bonds. The smallest absolute Gasteiger partial charge is 0.341 e. The van der Waals surface area contributed by atoms with E-state index in [2.05, 4.69) is 10.3 Å². The molecule has 3 N–H and O–H groups in total. The number of ether oxygens (including phenoxy) is 1. The zero-order chi connectivity index (χ0) is 20.3. The van der Waals surface area contributed by atoms with Crippen molar-refractivity contribution in [1.29, 1.82) is 0 Å². The van der Waals surface area contributed by atoms with Crippen molar-refractivity contribution in [2.24, 2.45) is 0 Å². The molecule has 1 heterocycles. The van der Waals surface area contributed by atoms with E-state index in [1.807, 2.05) is 0 Å². The summed E-state index contributed by atoms with van der Waals surface area (Å²) >= 11 is 0. The van der Waals surface area contributed by atoms with Gasteiger partial charge in [0.15, 0.2) is 6.10 Å². The first kappa shape index (κ1) is 18.8. The summed E-state index contributed by atoms with van der Waals surface area (Å²) in [5.74, 6) is -1.49. The molecule has 9 heteroatoms. The largest absolute Gasteiger partial charge is 0.449 e. The number of anilines is 2. The lowest BCUT2D eigenvalue weighted by Crippen LogP contribution is -2.30. The molecular weight excluding hydrogens is 364 g/mol. The van der Waals surface area contributed by atoms with Crippen LogP contribution in [0.15, 0.2) is 54.7 Å². The number of non-ortho nitro benzene ring substituents is 1. The predicted octanol–water partition coefficient (Wildman–Crippen LogP) is 2.91. The third-order valence-corrected chi connectivity index (χ3v) is 4.02. The third-order valence-electron chi connectivity index (χ3n) is 4.02. The molecule has 1 atom stereocenters. The average molecular weight is 380 g/mol. The summed E-state index contributed by atoms with van der Waals surface area (Å²) in [6, 6.07) is 12.2. The fourth-order valence-electron chi connectivity index (χ4n) is 2.56. The highest BCUT2D eigenvalue weighted by Gasteiger charge is 2.22. The van der Waals surface area contributed by atoms with Gasteiger partial charge in [-0.2, -0.15) is 0 Å². The minimum atomic E-state index is -1.15. The van der Waals surface area contributed by atoms with Crippen molar-refractivity contribution in [2.45, 2.75) is 13.0 Å². The normalized spacial score (nSPS) is 11.6. The molecule has 0 bridgehead atoms. The van der Waals surface area contributed by atoms with Gasteiger partial charge >= 0.3 is 5.97 Å². The molecule has 3 aromatic rings. The number of nitrogens with zero attached hydrogens (tertiary/aromatic N) is 2. The van der Waals surface area contributed by atoms with Crippen LogP contribution in [0.3, 0.4) is 0 Å². The van der Waals surface area contributed by atoms with E-state index < -0.39 is 22.9 Å². The molecule has 2 aromatic carbocycles. The zero-order valence-corrected chi connectivity index (χ0v) is 14.8. The number of carbonyl (C=O) groups excluding carboxylic acids is 2. The van der Waals surface area contributed by atoms with Crippen LogP contribution in [-0.2, 0) is 9.53 Å². The number of nitrogens with one attached hydrogen (secondary N) is 1. The number of pyridine rings is 1. The van der Waals surface area contributed by atoms with Crippen molar-refractivity contribution in [3.8, 4) is 0 Å². The highest BCUT2D eigenvalue weighted by atomic mass is 16.6. The number of carbonyl (C=O) groups is 2. The molecule has 0 saturated heterocycles. The number of hydrogen-bond acceptors (Lipinski definition) is 7. The second-order valence-electron chi connectivity index (χ2n) is 5.94. The van der Waals surface area contributed by atoms with Gasteiger partial charge in [-0.15, -0.1) is 0 Å². The standard InChI is InChI=1S/C19H16N4O5/c1-11(28-19(25)14-10-12(23(26)27)7-8-15(14)20)18(24)22-17-6-2-5-16-13(17)4-3-9-21-16/h2-11H,20H2,1H3,(H,22,24)/t11-/m1/s1. The number of nitro groups is 1. The van der Waals surface area contributed by atoms with Gasteiger partial charge in [0, 0.05) is 29.4 Å². The number of nitrogens with two attached hydrogens (primary N) is 1. The molecule has 0 aliphatic heterocycles. The van der Waals surface area contributed by atoms with Crippen molar-refractivity contribution in [3.05, 3.63) is 70.4 Å². The summed E-state index contributed by atoms with van der Waals surface area (Å²) < 4.78 is 5.13. The molecule has 0 spiro atoms. The minimum Gasteiger partial charge on any atom is -0.449 e. The second kappa shape index (κ2) is 7.70. The molecule has 0 aliphatic rings. The molecular formula is C19H16N4O5. The highest BCUT2D eigenvalue weighted by Crippen LogP contribution is 2.23. The number of rotatable bonds is 5. The lowest BCUT2D eigenvalue weighted by molar-refractivity contribution is -0.384. The zero-order valence-electron chi connectivity index (χ0n) is 14.8. The summed E-state index contributed by atoms with van der Waals surface area (Å²) in [4.78, 5) is 39.2. The van der Waals surface area contributed by atoms with E-state index in [0.717, 1.165) is 11.5 Å². The quantitative estimate of drug-likeness (QED) is 0.300. The van der Waals surface area contributed by atoms with E-state index >= 15 is 0 Å². The Morgan fingerprint density at radius 1 is 1.21 bits per heavy atom. The molecule has 9 nitrogen and oxygen atoms in total. The first-order valence-electron chi connectivity index (χ1n) is 8.26.